The number of ketones is 2. The van der Waals surface area contributed by atoms with E-state index >= 15 is 0 Å². The number of Topliss-reactive ketones (excluding diaryl/α,β-unsaturated/α-hetero) is 2. The SMILES string of the molecule is COC(=O)[C@H]1[C@H](c2ccc(C(C)C)cc2)C2(C(=O)c3ccccc3C2=O)C2C=Cc3ccccc3N21. The van der Waals surface area contributed by atoms with Gasteiger partial charge in [0.2, 0.25) is 0 Å². The van der Waals surface area contributed by atoms with Gasteiger partial charge in [0, 0.05) is 22.7 Å². The molecule has 2 heterocycles. The summed E-state index contributed by atoms with van der Waals surface area (Å²) >= 11 is 0. The Bertz CT molecular complexity index is 1400. The van der Waals surface area contributed by atoms with Gasteiger partial charge in [-0.15, -0.1) is 0 Å². The second kappa shape index (κ2) is 8.02. The highest BCUT2D eigenvalue weighted by Gasteiger charge is 2.71. The Balaban J connectivity index is 1.66. The number of para-hydroxylation sites is 1. The fourth-order valence-electron chi connectivity index (χ4n) is 6.47. The lowest BCUT2D eigenvalue weighted by atomic mass is 9.64. The van der Waals surface area contributed by atoms with Gasteiger partial charge in [-0.25, -0.2) is 4.79 Å². The molecule has 180 valence electrons. The van der Waals surface area contributed by atoms with E-state index in [9.17, 15) is 14.4 Å². The molecule has 0 bridgehead atoms. The van der Waals surface area contributed by atoms with Crippen LogP contribution in [0.15, 0.2) is 78.9 Å². The highest BCUT2D eigenvalue weighted by atomic mass is 16.5. The van der Waals surface area contributed by atoms with Crippen molar-refractivity contribution in [2.75, 3.05) is 12.0 Å². The number of esters is 1. The summed E-state index contributed by atoms with van der Waals surface area (Å²) in [6, 6.07) is 21.3. The first-order valence-corrected chi connectivity index (χ1v) is 12.3. The maximum atomic E-state index is 14.4. The molecule has 1 spiro atoms. The Morgan fingerprint density at radius 2 is 1.50 bits per heavy atom. The molecule has 5 nitrogen and oxygen atoms in total. The van der Waals surface area contributed by atoms with Gasteiger partial charge in [0.05, 0.1) is 13.2 Å². The first kappa shape index (κ1) is 22.5. The van der Waals surface area contributed by atoms with Crippen LogP contribution in [0.2, 0.25) is 0 Å². The highest BCUT2D eigenvalue weighted by Crippen LogP contribution is 2.60. The molecule has 3 aromatic carbocycles. The molecule has 3 aromatic rings. The predicted octanol–water partition coefficient (Wildman–Crippen LogP) is 5.42. The van der Waals surface area contributed by atoms with Crippen LogP contribution in [0.4, 0.5) is 5.69 Å². The van der Waals surface area contributed by atoms with Gasteiger partial charge < -0.3 is 9.64 Å². The Hall–Kier alpha value is -3.99. The third-order valence-electron chi connectivity index (χ3n) is 8.12. The summed E-state index contributed by atoms with van der Waals surface area (Å²) in [6.07, 6.45) is 3.88. The van der Waals surface area contributed by atoms with E-state index in [4.69, 9.17) is 4.74 Å². The molecule has 6 rings (SSSR count). The van der Waals surface area contributed by atoms with Crippen molar-refractivity contribution in [3.63, 3.8) is 0 Å². The van der Waals surface area contributed by atoms with Crippen LogP contribution in [-0.4, -0.2) is 36.7 Å². The molecule has 5 heteroatoms. The van der Waals surface area contributed by atoms with Crippen LogP contribution in [0.3, 0.4) is 0 Å². The fraction of sp³-hybridized carbons (Fsp3) is 0.258. The zero-order valence-electron chi connectivity index (χ0n) is 20.5. The molecule has 3 atom stereocenters. The number of hydrogen-bond acceptors (Lipinski definition) is 5. The maximum absolute atomic E-state index is 14.4. The minimum atomic E-state index is -1.48. The summed E-state index contributed by atoms with van der Waals surface area (Å²) < 4.78 is 5.33. The quantitative estimate of drug-likeness (QED) is 0.373. The predicted molar refractivity (Wildman–Crippen MR) is 138 cm³/mol. The van der Waals surface area contributed by atoms with Gasteiger partial charge in [0.1, 0.15) is 11.5 Å². The van der Waals surface area contributed by atoms with Crippen molar-refractivity contribution in [2.45, 2.75) is 37.8 Å². The summed E-state index contributed by atoms with van der Waals surface area (Å²) in [5.74, 6) is -1.32. The van der Waals surface area contributed by atoms with E-state index in [1.54, 1.807) is 24.3 Å². The minimum Gasteiger partial charge on any atom is -0.467 e. The molecule has 0 radical (unpaired) electrons. The van der Waals surface area contributed by atoms with Crippen molar-refractivity contribution in [1.82, 2.24) is 0 Å². The summed E-state index contributed by atoms with van der Waals surface area (Å²) in [4.78, 5) is 44.3. The van der Waals surface area contributed by atoms with E-state index in [0.717, 1.165) is 22.4 Å². The van der Waals surface area contributed by atoms with Crippen LogP contribution in [-0.2, 0) is 9.53 Å². The Kier molecular flexibility index (Phi) is 5.01. The number of fused-ring (bicyclic) bond motifs is 5. The molecule has 36 heavy (non-hydrogen) atoms. The fourth-order valence-corrected chi connectivity index (χ4v) is 6.47. The van der Waals surface area contributed by atoms with Gasteiger partial charge in [-0.2, -0.15) is 0 Å². The van der Waals surface area contributed by atoms with Crippen molar-refractivity contribution in [2.24, 2.45) is 5.41 Å². The van der Waals surface area contributed by atoms with Crippen molar-refractivity contribution in [3.8, 4) is 0 Å². The number of ether oxygens (including phenoxy) is 1. The number of anilines is 1. The number of carbonyl (C=O) groups is 3. The van der Waals surface area contributed by atoms with E-state index in [2.05, 4.69) is 13.8 Å². The normalized spacial score (nSPS) is 23.1. The van der Waals surface area contributed by atoms with E-state index in [-0.39, 0.29) is 11.6 Å². The largest absolute Gasteiger partial charge is 0.467 e. The number of methoxy groups -OCH3 is 1. The van der Waals surface area contributed by atoms with Crippen LogP contribution < -0.4 is 4.90 Å². The molecular formula is C31H27NO4. The lowest BCUT2D eigenvalue weighted by molar-refractivity contribution is -0.142. The molecule has 0 N–H and O–H groups in total. The third kappa shape index (κ3) is 2.80. The zero-order chi connectivity index (χ0) is 25.2. The second-order valence-electron chi connectivity index (χ2n) is 10.1. The van der Waals surface area contributed by atoms with E-state index in [1.165, 1.54) is 7.11 Å². The topological polar surface area (TPSA) is 63.7 Å². The zero-order valence-corrected chi connectivity index (χ0v) is 20.5. The first-order chi connectivity index (χ1) is 17.4. The maximum Gasteiger partial charge on any atom is 0.329 e. The van der Waals surface area contributed by atoms with E-state index in [0.29, 0.717) is 17.0 Å². The van der Waals surface area contributed by atoms with Gasteiger partial charge in [-0.3, -0.25) is 9.59 Å². The number of hydrogen-bond donors (Lipinski definition) is 0. The van der Waals surface area contributed by atoms with E-state index in [1.807, 2.05) is 65.6 Å². The molecule has 0 saturated carbocycles. The van der Waals surface area contributed by atoms with Gasteiger partial charge in [0.25, 0.3) is 0 Å². The number of nitrogens with zero attached hydrogens (tertiary/aromatic N) is 1. The summed E-state index contributed by atoms with van der Waals surface area (Å²) in [6.45, 7) is 4.23. The van der Waals surface area contributed by atoms with Crippen LogP contribution in [0.25, 0.3) is 6.08 Å². The molecule has 2 aliphatic heterocycles. The van der Waals surface area contributed by atoms with Crippen LogP contribution in [0, 0.1) is 5.41 Å². The van der Waals surface area contributed by atoms with Gasteiger partial charge in [-0.1, -0.05) is 92.7 Å². The van der Waals surface area contributed by atoms with Gasteiger partial charge in [-0.05, 0) is 28.7 Å². The number of carbonyl (C=O) groups excluding carboxylic acids is 3. The summed E-state index contributed by atoms with van der Waals surface area (Å²) in [5, 5.41) is 0. The lowest BCUT2D eigenvalue weighted by Crippen LogP contribution is -2.48. The van der Waals surface area contributed by atoms with Gasteiger partial charge in [0.15, 0.2) is 11.6 Å². The number of benzene rings is 3. The molecule has 0 amide bonds. The average molecular weight is 478 g/mol. The molecule has 1 fully saturated rings. The molecule has 3 aliphatic rings. The smallest absolute Gasteiger partial charge is 0.329 e. The Morgan fingerprint density at radius 1 is 0.889 bits per heavy atom. The Labute approximate surface area is 210 Å². The van der Waals surface area contributed by atoms with Crippen LogP contribution in [0.1, 0.15) is 63.1 Å². The molecular weight excluding hydrogens is 450 g/mol. The van der Waals surface area contributed by atoms with Crippen molar-refractivity contribution < 1.29 is 19.1 Å². The molecule has 0 aromatic heterocycles. The van der Waals surface area contributed by atoms with Crippen molar-refractivity contribution >= 4 is 29.3 Å². The third-order valence-corrected chi connectivity index (χ3v) is 8.12. The van der Waals surface area contributed by atoms with E-state index < -0.39 is 29.4 Å². The Morgan fingerprint density at radius 3 is 2.11 bits per heavy atom. The molecule has 1 unspecified atom stereocenters. The first-order valence-electron chi connectivity index (χ1n) is 12.3. The average Bonchev–Trinajstić information content (AvgIpc) is 3.35. The summed E-state index contributed by atoms with van der Waals surface area (Å²) in [7, 11) is 1.36. The standard InChI is InChI=1S/C31H27NO4/c1-18(2)19-12-14-21(15-13-19)26-27(30(35)36-3)32-24-11-7-4-8-20(24)16-17-25(32)31(26)28(33)22-9-5-6-10-23(22)29(31)34/h4-18,25-27H,1-3H3/t25?,26-,27+/m0/s1. The molecule has 1 aliphatic carbocycles. The second-order valence-corrected chi connectivity index (χ2v) is 10.1. The monoisotopic (exact) mass is 477 g/mol. The van der Waals surface area contributed by atoms with Crippen LogP contribution in [0.5, 0.6) is 0 Å². The lowest BCUT2D eigenvalue weighted by Gasteiger charge is -2.36. The summed E-state index contributed by atoms with van der Waals surface area (Å²) in [5.41, 5.74) is 3.04. The highest BCUT2D eigenvalue weighted by molar-refractivity contribution is 6.32. The molecule has 1 saturated heterocycles. The number of rotatable bonds is 3. The van der Waals surface area contributed by atoms with Crippen LogP contribution >= 0.6 is 0 Å². The van der Waals surface area contributed by atoms with Crippen molar-refractivity contribution in [1.29, 1.82) is 0 Å². The van der Waals surface area contributed by atoms with Gasteiger partial charge >= 0.3 is 5.97 Å². The van der Waals surface area contributed by atoms with Crippen molar-refractivity contribution in [3.05, 3.63) is 107 Å². The minimum absolute atomic E-state index is 0.230.